The number of amides is 1. The van der Waals surface area contributed by atoms with E-state index < -0.39 is 4.92 Å². The lowest BCUT2D eigenvalue weighted by atomic mass is 10.2. The maximum Gasteiger partial charge on any atom is 0.294 e. The molecule has 1 aliphatic heterocycles. The highest BCUT2D eigenvalue weighted by atomic mass is 35.5. The molecule has 1 amide bonds. The molecule has 1 aromatic heterocycles. The quantitative estimate of drug-likeness (QED) is 0.678. The lowest BCUT2D eigenvalue weighted by Crippen LogP contribution is -2.47. The highest BCUT2D eigenvalue weighted by Crippen LogP contribution is 2.30. The summed E-state index contributed by atoms with van der Waals surface area (Å²) in [4.78, 5) is 29.9. The molecule has 3 rings (SSSR count). The van der Waals surface area contributed by atoms with Gasteiger partial charge in [0.05, 0.1) is 4.92 Å². The fourth-order valence-electron chi connectivity index (χ4n) is 2.63. The van der Waals surface area contributed by atoms with Crippen LogP contribution in [-0.2, 0) is 0 Å². The van der Waals surface area contributed by atoms with Crippen LogP contribution < -0.4 is 0 Å². The number of H-pyrrole nitrogens is 1. The van der Waals surface area contributed by atoms with E-state index in [1.165, 1.54) is 6.07 Å². The summed E-state index contributed by atoms with van der Waals surface area (Å²) in [5, 5.41) is 12.0. The number of carbonyl (C=O) groups excluding carboxylic acids is 1. The van der Waals surface area contributed by atoms with E-state index in [0.29, 0.717) is 29.7 Å². The number of hydrogen-bond donors (Lipinski definition) is 1. The molecule has 0 bridgehead atoms. The number of fused-ring (bicyclic) bond motifs is 1. The van der Waals surface area contributed by atoms with Gasteiger partial charge in [-0.05, 0) is 19.2 Å². The molecule has 2 aromatic rings. The second-order valence-electron chi connectivity index (χ2n) is 5.42. The first kappa shape index (κ1) is 14.8. The van der Waals surface area contributed by atoms with Crippen molar-refractivity contribution in [3.63, 3.8) is 0 Å². The molecule has 0 saturated carbocycles. The molecule has 0 spiro atoms. The van der Waals surface area contributed by atoms with Gasteiger partial charge in [0, 0.05) is 42.7 Å². The first-order valence-electron chi connectivity index (χ1n) is 6.90. The number of hydrogen-bond acceptors (Lipinski definition) is 4. The Morgan fingerprint density at radius 3 is 2.59 bits per heavy atom. The normalized spacial score (nSPS) is 16.2. The Labute approximate surface area is 131 Å². The number of benzene rings is 1. The third-order valence-corrected chi connectivity index (χ3v) is 4.11. The molecule has 0 radical (unpaired) electrons. The smallest absolute Gasteiger partial charge is 0.294 e. The van der Waals surface area contributed by atoms with Gasteiger partial charge < -0.3 is 14.8 Å². The summed E-state index contributed by atoms with van der Waals surface area (Å²) in [6.45, 7) is 2.93. The molecule has 7 nitrogen and oxygen atoms in total. The first-order valence-corrected chi connectivity index (χ1v) is 7.28. The van der Waals surface area contributed by atoms with E-state index in [9.17, 15) is 14.9 Å². The van der Waals surface area contributed by atoms with Gasteiger partial charge in [0.1, 0.15) is 11.2 Å². The largest absolute Gasteiger partial charge is 0.345 e. The molecule has 0 atom stereocenters. The molecule has 1 aromatic carbocycles. The number of rotatable bonds is 2. The van der Waals surface area contributed by atoms with E-state index in [1.807, 2.05) is 7.05 Å². The summed E-state index contributed by atoms with van der Waals surface area (Å²) in [6.07, 6.45) is 0. The van der Waals surface area contributed by atoms with E-state index in [4.69, 9.17) is 11.6 Å². The predicted molar refractivity (Wildman–Crippen MR) is 83.4 cm³/mol. The minimum Gasteiger partial charge on any atom is -0.345 e. The fourth-order valence-corrected chi connectivity index (χ4v) is 2.85. The van der Waals surface area contributed by atoms with Crippen LogP contribution >= 0.6 is 11.6 Å². The van der Waals surface area contributed by atoms with Gasteiger partial charge in [-0.3, -0.25) is 14.9 Å². The van der Waals surface area contributed by atoms with Crippen molar-refractivity contribution in [2.75, 3.05) is 33.2 Å². The van der Waals surface area contributed by atoms with Crippen LogP contribution in [0.5, 0.6) is 0 Å². The van der Waals surface area contributed by atoms with Crippen molar-refractivity contribution in [3.8, 4) is 0 Å². The number of non-ortho nitro benzene ring substituents is 1. The number of aromatic amines is 1. The molecule has 1 N–H and O–H groups in total. The van der Waals surface area contributed by atoms with Crippen LogP contribution in [0.4, 0.5) is 5.69 Å². The van der Waals surface area contributed by atoms with Gasteiger partial charge in [-0.25, -0.2) is 0 Å². The Kier molecular flexibility index (Phi) is 3.76. The number of nitro groups is 1. The maximum absolute atomic E-state index is 12.5. The lowest BCUT2D eigenvalue weighted by Gasteiger charge is -2.32. The van der Waals surface area contributed by atoms with Gasteiger partial charge in [0.15, 0.2) is 0 Å². The van der Waals surface area contributed by atoms with Gasteiger partial charge in [0.2, 0.25) is 0 Å². The Bertz CT molecular complexity index is 750. The molecule has 2 heterocycles. The predicted octanol–water partition coefficient (Wildman–Crippen LogP) is 2.12. The fraction of sp³-hybridized carbons (Fsp3) is 0.357. The van der Waals surface area contributed by atoms with Crippen molar-refractivity contribution in [2.45, 2.75) is 0 Å². The molecule has 116 valence electrons. The zero-order valence-electron chi connectivity index (χ0n) is 12.0. The van der Waals surface area contributed by atoms with Crippen molar-refractivity contribution in [1.29, 1.82) is 0 Å². The van der Waals surface area contributed by atoms with Crippen LogP contribution in [0.15, 0.2) is 18.2 Å². The van der Waals surface area contributed by atoms with Gasteiger partial charge in [-0.1, -0.05) is 11.6 Å². The topological polar surface area (TPSA) is 82.5 Å². The SMILES string of the molecule is CN1CCN(C(=O)c2cc3cc(Cl)cc([N+](=O)[O-])c3[nH]2)CC1. The molecule has 0 aliphatic carbocycles. The van der Waals surface area contributed by atoms with Crippen molar-refractivity contribution < 1.29 is 9.72 Å². The second kappa shape index (κ2) is 5.58. The number of nitrogens with zero attached hydrogens (tertiary/aromatic N) is 3. The summed E-state index contributed by atoms with van der Waals surface area (Å²) < 4.78 is 0. The Balaban J connectivity index is 1.96. The van der Waals surface area contributed by atoms with Crippen LogP contribution in [0.2, 0.25) is 5.02 Å². The van der Waals surface area contributed by atoms with Gasteiger partial charge in [0.25, 0.3) is 11.6 Å². The third-order valence-electron chi connectivity index (χ3n) is 3.89. The number of aromatic nitrogens is 1. The summed E-state index contributed by atoms with van der Waals surface area (Å²) >= 11 is 5.90. The van der Waals surface area contributed by atoms with Crippen LogP contribution in [-0.4, -0.2) is 58.8 Å². The maximum atomic E-state index is 12.5. The molecule has 22 heavy (non-hydrogen) atoms. The molecule has 8 heteroatoms. The lowest BCUT2D eigenvalue weighted by molar-refractivity contribution is -0.383. The Hall–Kier alpha value is -2.12. The molecule has 0 unspecified atom stereocenters. The summed E-state index contributed by atoms with van der Waals surface area (Å²) in [5.41, 5.74) is 0.553. The third kappa shape index (κ3) is 2.65. The van der Waals surface area contributed by atoms with E-state index in [0.717, 1.165) is 13.1 Å². The van der Waals surface area contributed by atoms with Crippen molar-refractivity contribution in [2.24, 2.45) is 0 Å². The summed E-state index contributed by atoms with van der Waals surface area (Å²) in [7, 11) is 2.01. The van der Waals surface area contributed by atoms with Gasteiger partial charge >= 0.3 is 0 Å². The van der Waals surface area contributed by atoms with Gasteiger partial charge in [-0.15, -0.1) is 0 Å². The highest BCUT2D eigenvalue weighted by molar-refractivity contribution is 6.31. The van der Waals surface area contributed by atoms with Crippen molar-refractivity contribution in [3.05, 3.63) is 39.0 Å². The molecule has 1 saturated heterocycles. The molecular formula is C14H15ClN4O3. The minimum atomic E-state index is -0.505. The highest BCUT2D eigenvalue weighted by Gasteiger charge is 2.24. The zero-order valence-corrected chi connectivity index (χ0v) is 12.8. The molecule has 1 fully saturated rings. The van der Waals surface area contributed by atoms with Gasteiger partial charge in [-0.2, -0.15) is 0 Å². The number of piperazine rings is 1. The average molecular weight is 323 g/mol. The van der Waals surface area contributed by atoms with Crippen LogP contribution in [0, 0.1) is 10.1 Å². The number of carbonyl (C=O) groups is 1. The molecular weight excluding hydrogens is 308 g/mol. The number of likely N-dealkylation sites (N-methyl/N-ethyl adjacent to an activating group) is 1. The summed E-state index contributed by atoms with van der Waals surface area (Å²) in [5.74, 6) is -0.144. The van der Waals surface area contributed by atoms with Crippen LogP contribution in [0.25, 0.3) is 10.9 Å². The Morgan fingerprint density at radius 1 is 1.27 bits per heavy atom. The van der Waals surface area contributed by atoms with E-state index >= 15 is 0 Å². The van der Waals surface area contributed by atoms with Crippen molar-refractivity contribution >= 4 is 34.1 Å². The van der Waals surface area contributed by atoms with Crippen molar-refractivity contribution in [1.82, 2.24) is 14.8 Å². The second-order valence-corrected chi connectivity index (χ2v) is 5.86. The zero-order chi connectivity index (χ0) is 15.9. The minimum absolute atomic E-state index is 0.125. The summed E-state index contributed by atoms with van der Waals surface area (Å²) in [6, 6.07) is 4.51. The van der Waals surface area contributed by atoms with E-state index in [-0.39, 0.29) is 16.6 Å². The first-order chi connectivity index (χ1) is 10.5. The standard InChI is InChI=1S/C14H15ClN4O3/c1-17-2-4-18(5-3-17)14(20)11-7-9-6-10(15)8-12(19(21)22)13(9)16-11/h6-8,16H,2-5H2,1H3. The molecule has 1 aliphatic rings. The average Bonchev–Trinajstić information content (AvgIpc) is 2.89. The monoisotopic (exact) mass is 322 g/mol. The number of nitrogens with one attached hydrogen (secondary N) is 1. The van der Waals surface area contributed by atoms with Crippen LogP contribution in [0.3, 0.4) is 0 Å². The number of halogens is 1. The van der Waals surface area contributed by atoms with E-state index in [2.05, 4.69) is 9.88 Å². The number of nitro benzene ring substituents is 1. The van der Waals surface area contributed by atoms with E-state index in [1.54, 1.807) is 17.0 Å². The van der Waals surface area contributed by atoms with Crippen LogP contribution in [0.1, 0.15) is 10.5 Å². The Morgan fingerprint density at radius 2 is 1.95 bits per heavy atom.